The Morgan fingerprint density at radius 2 is 1.70 bits per heavy atom. The SMILES string of the molecule is CC(C(=O)N1CCNC[C@H]1C)N1CCCCCC1.Cl.Cl. The third kappa shape index (κ3) is 5.06. The monoisotopic (exact) mass is 325 g/mol. The first kappa shape index (κ1) is 20.0. The molecule has 2 aliphatic heterocycles. The molecular weight excluding hydrogens is 297 g/mol. The Labute approximate surface area is 135 Å². The van der Waals surface area contributed by atoms with Gasteiger partial charge in [-0.25, -0.2) is 0 Å². The van der Waals surface area contributed by atoms with Gasteiger partial charge in [0.2, 0.25) is 5.91 Å². The van der Waals surface area contributed by atoms with Crippen molar-refractivity contribution >= 4 is 30.7 Å². The van der Waals surface area contributed by atoms with Crippen LogP contribution in [0.4, 0.5) is 0 Å². The summed E-state index contributed by atoms with van der Waals surface area (Å²) >= 11 is 0. The van der Waals surface area contributed by atoms with E-state index in [1.807, 2.05) is 0 Å². The average molecular weight is 326 g/mol. The fourth-order valence-electron chi connectivity index (χ4n) is 3.05. The van der Waals surface area contributed by atoms with Crippen molar-refractivity contribution in [2.45, 2.75) is 51.6 Å². The summed E-state index contributed by atoms with van der Waals surface area (Å²) in [7, 11) is 0. The Hall–Kier alpha value is -0.0300. The number of nitrogens with zero attached hydrogens (tertiary/aromatic N) is 2. The van der Waals surface area contributed by atoms with Crippen molar-refractivity contribution in [3.63, 3.8) is 0 Å². The van der Waals surface area contributed by atoms with Crippen LogP contribution >= 0.6 is 24.8 Å². The fraction of sp³-hybridized carbons (Fsp3) is 0.929. The number of hydrogen-bond donors (Lipinski definition) is 1. The third-order valence-corrected chi connectivity index (χ3v) is 4.33. The maximum absolute atomic E-state index is 12.6. The van der Waals surface area contributed by atoms with Crippen LogP contribution in [0.1, 0.15) is 39.5 Å². The molecule has 2 rings (SSSR count). The Morgan fingerprint density at radius 3 is 2.25 bits per heavy atom. The van der Waals surface area contributed by atoms with Gasteiger partial charge in [-0.1, -0.05) is 12.8 Å². The number of hydrogen-bond acceptors (Lipinski definition) is 3. The molecule has 0 spiro atoms. The molecule has 2 aliphatic rings. The van der Waals surface area contributed by atoms with E-state index in [1.54, 1.807) is 0 Å². The molecule has 1 unspecified atom stereocenters. The van der Waals surface area contributed by atoms with Crippen LogP contribution in [-0.4, -0.2) is 60.5 Å². The summed E-state index contributed by atoms with van der Waals surface area (Å²) in [5, 5.41) is 3.34. The van der Waals surface area contributed by atoms with E-state index < -0.39 is 0 Å². The molecule has 4 nitrogen and oxygen atoms in total. The van der Waals surface area contributed by atoms with Crippen LogP contribution in [-0.2, 0) is 4.79 Å². The van der Waals surface area contributed by atoms with Crippen LogP contribution < -0.4 is 5.32 Å². The lowest BCUT2D eigenvalue weighted by Crippen LogP contribution is -2.57. The van der Waals surface area contributed by atoms with Gasteiger partial charge in [0.15, 0.2) is 0 Å². The molecular formula is C14H29Cl2N3O. The second-order valence-corrected chi connectivity index (χ2v) is 5.71. The van der Waals surface area contributed by atoms with Crippen LogP contribution in [0, 0.1) is 0 Å². The van der Waals surface area contributed by atoms with Crippen LogP contribution in [0.25, 0.3) is 0 Å². The number of piperazine rings is 1. The minimum absolute atomic E-state index is 0. The Bertz CT molecular complexity index is 284. The molecule has 1 amide bonds. The summed E-state index contributed by atoms with van der Waals surface area (Å²) in [6, 6.07) is 0.393. The molecule has 0 aromatic carbocycles. The first-order valence-corrected chi connectivity index (χ1v) is 7.45. The maximum Gasteiger partial charge on any atom is 0.239 e. The van der Waals surface area contributed by atoms with Gasteiger partial charge in [-0.15, -0.1) is 24.8 Å². The molecule has 20 heavy (non-hydrogen) atoms. The first-order chi connectivity index (χ1) is 8.70. The van der Waals surface area contributed by atoms with Crippen LogP contribution in [0.5, 0.6) is 0 Å². The number of halogens is 2. The molecule has 0 aromatic rings. The van der Waals surface area contributed by atoms with E-state index in [9.17, 15) is 4.79 Å². The van der Waals surface area contributed by atoms with Crippen LogP contribution in [0.2, 0.25) is 0 Å². The predicted octanol–water partition coefficient (Wildman–Crippen LogP) is 1.91. The van der Waals surface area contributed by atoms with Crippen molar-refractivity contribution in [3.05, 3.63) is 0 Å². The molecule has 0 radical (unpaired) electrons. The zero-order valence-corrected chi connectivity index (χ0v) is 14.3. The molecule has 1 N–H and O–H groups in total. The zero-order chi connectivity index (χ0) is 13.0. The summed E-state index contributed by atoms with van der Waals surface area (Å²) in [5.41, 5.74) is 0. The number of rotatable bonds is 2. The molecule has 120 valence electrons. The van der Waals surface area contributed by atoms with E-state index in [0.29, 0.717) is 11.9 Å². The zero-order valence-electron chi connectivity index (χ0n) is 12.6. The van der Waals surface area contributed by atoms with E-state index in [0.717, 1.165) is 32.7 Å². The smallest absolute Gasteiger partial charge is 0.239 e. The van der Waals surface area contributed by atoms with Crippen molar-refractivity contribution in [1.82, 2.24) is 15.1 Å². The largest absolute Gasteiger partial charge is 0.336 e. The minimum Gasteiger partial charge on any atom is -0.336 e. The second-order valence-electron chi connectivity index (χ2n) is 5.71. The average Bonchev–Trinajstić information content (AvgIpc) is 2.66. The summed E-state index contributed by atoms with van der Waals surface area (Å²) in [6.45, 7) is 9.13. The highest BCUT2D eigenvalue weighted by molar-refractivity contribution is 5.85. The van der Waals surface area contributed by atoms with Gasteiger partial charge >= 0.3 is 0 Å². The number of amides is 1. The number of carbonyl (C=O) groups is 1. The Balaban J connectivity index is 0.00000180. The van der Waals surface area contributed by atoms with Gasteiger partial charge in [0.25, 0.3) is 0 Å². The number of nitrogens with one attached hydrogen (secondary N) is 1. The lowest BCUT2D eigenvalue weighted by molar-refractivity contribution is -0.139. The molecule has 0 saturated carbocycles. The summed E-state index contributed by atoms with van der Waals surface area (Å²) < 4.78 is 0. The van der Waals surface area contributed by atoms with Crippen molar-refractivity contribution in [1.29, 1.82) is 0 Å². The summed E-state index contributed by atoms with van der Waals surface area (Å²) in [5.74, 6) is 0.325. The van der Waals surface area contributed by atoms with Crippen LogP contribution in [0.3, 0.4) is 0 Å². The van der Waals surface area contributed by atoms with Gasteiger partial charge in [-0.3, -0.25) is 9.69 Å². The standard InChI is InChI=1S/C14H27N3O.2ClH/c1-12-11-15-7-10-17(12)14(18)13(2)16-8-5-3-4-6-9-16;;/h12-13,15H,3-11H2,1-2H3;2*1H/t12-,13?;;/m1../s1. The quantitative estimate of drug-likeness (QED) is 0.842. The van der Waals surface area contributed by atoms with E-state index in [2.05, 4.69) is 29.0 Å². The van der Waals surface area contributed by atoms with E-state index in [1.165, 1.54) is 25.7 Å². The molecule has 0 bridgehead atoms. The normalized spacial score (nSPS) is 25.9. The van der Waals surface area contributed by atoms with Gasteiger partial charge in [-0.2, -0.15) is 0 Å². The van der Waals surface area contributed by atoms with Crippen molar-refractivity contribution in [3.8, 4) is 0 Å². The first-order valence-electron chi connectivity index (χ1n) is 7.45. The minimum atomic E-state index is 0. The topological polar surface area (TPSA) is 35.6 Å². The highest BCUT2D eigenvalue weighted by Crippen LogP contribution is 2.15. The van der Waals surface area contributed by atoms with Gasteiger partial charge in [0.05, 0.1) is 6.04 Å². The van der Waals surface area contributed by atoms with E-state index in [-0.39, 0.29) is 30.9 Å². The molecule has 2 atom stereocenters. The molecule has 0 aromatic heterocycles. The van der Waals surface area contributed by atoms with Crippen molar-refractivity contribution in [2.24, 2.45) is 0 Å². The molecule has 2 saturated heterocycles. The van der Waals surface area contributed by atoms with Gasteiger partial charge in [-0.05, 0) is 39.8 Å². The number of carbonyl (C=O) groups excluding carboxylic acids is 1. The van der Waals surface area contributed by atoms with E-state index >= 15 is 0 Å². The molecule has 0 aliphatic carbocycles. The van der Waals surface area contributed by atoms with Crippen LogP contribution in [0.15, 0.2) is 0 Å². The van der Waals surface area contributed by atoms with Crippen molar-refractivity contribution in [2.75, 3.05) is 32.7 Å². The highest BCUT2D eigenvalue weighted by Gasteiger charge is 2.30. The maximum atomic E-state index is 12.6. The predicted molar refractivity (Wildman–Crippen MR) is 88.0 cm³/mol. The lowest BCUT2D eigenvalue weighted by atomic mass is 10.1. The fourth-order valence-corrected chi connectivity index (χ4v) is 3.05. The summed E-state index contributed by atoms with van der Waals surface area (Å²) in [4.78, 5) is 17.0. The third-order valence-electron chi connectivity index (χ3n) is 4.33. The summed E-state index contributed by atoms with van der Waals surface area (Å²) in [6.07, 6.45) is 5.13. The van der Waals surface area contributed by atoms with Crippen molar-refractivity contribution < 1.29 is 4.79 Å². The van der Waals surface area contributed by atoms with Gasteiger partial charge in [0, 0.05) is 25.7 Å². The van der Waals surface area contributed by atoms with Gasteiger partial charge < -0.3 is 10.2 Å². The second kappa shape index (κ2) is 9.82. The molecule has 6 heteroatoms. The Kier molecular flexibility index (Phi) is 9.81. The number of likely N-dealkylation sites (tertiary alicyclic amines) is 1. The van der Waals surface area contributed by atoms with E-state index in [4.69, 9.17) is 0 Å². The van der Waals surface area contributed by atoms with Gasteiger partial charge in [0.1, 0.15) is 0 Å². The highest BCUT2D eigenvalue weighted by atomic mass is 35.5. The lowest BCUT2D eigenvalue weighted by Gasteiger charge is -2.38. The molecule has 2 heterocycles. The Morgan fingerprint density at radius 1 is 1.10 bits per heavy atom. The molecule has 2 fully saturated rings.